The summed E-state index contributed by atoms with van der Waals surface area (Å²) in [6, 6.07) is 4.13. The summed E-state index contributed by atoms with van der Waals surface area (Å²) in [4.78, 5) is 23.4. The number of nitrogens with zero attached hydrogens (tertiary/aromatic N) is 2. The number of nitro benzene ring substituents is 1. The molecule has 1 aromatic carbocycles. The van der Waals surface area contributed by atoms with E-state index in [2.05, 4.69) is 0 Å². The van der Waals surface area contributed by atoms with Gasteiger partial charge in [0.2, 0.25) is 0 Å². The minimum absolute atomic E-state index is 0.0249. The molecule has 96 valence electrons. The van der Waals surface area contributed by atoms with Crippen molar-refractivity contribution < 1.29 is 14.8 Å². The number of para-hydroxylation sites is 1. The number of aliphatic carboxylic acids is 1. The Bertz CT molecular complexity index is 501. The number of anilines is 1. The average molecular weight is 250 g/mol. The zero-order chi connectivity index (χ0) is 13.3. The van der Waals surface area contributed by atoms with Crippen molar-refractivity contribution in [2.75, 3.05) is 11.4 Å². The summed E-state index contributed by atoms with van der Waals surface area (Å²) in [6.07, 6.45) is 1.27. The summed E-state index contributed by atoms with van der Waals surface area (Å²) < 4.78 is 0. The van der Waals surface area contributed by atoms with Gasteiger partial charge in [0.15, 0.2) is 0 Å². The van der Waals surface area contributed by atoms with Crippen LogP contribution in [-0.2, 0) is 4.79 Å². The van der Waals surface area contributed by atoms with Crippen molar-refractivity contribution in [1.29, 1.82) is 0 Å². The predicted molar refractivity (Wildman–Crippen MR) is 65.8 cm³/mol. The highest BCUT2D eigenvalue weighted by Crippen LogP contribution is 2.36. The van der Waals surface area contributed by atoms with Gasteiger partial charge in [0.1, 0.15) is 11.7 Å². The molecule has 0 amide bonds. The Morgan fingerprint density at radius 2 is 2.28 bits per heavy atom. The highest BCUT2D eigenvalue weighted by molar-refractivity contribution is 5.82. The molecule has 1 saturated heterocycles. The van der Waals surface area contributed by atoms with Crippen LogP contribution in [-0.4, -0.2) is 28.6 Å². The van der Waals surface area contributed by atoms with Crippen molar-refractivity contribution in [3.8, 4) is 0 Å². The molecule has 1 fully saturated rings. The lowest BCUT2D eigenvalue weighted by Crippen LogP contribution is -2.36. The van der Waals surface area contributed by atoms with Gasteiger partial charge in [0.25, 0.3) is 5.69 Å². The summed E-state index contributed by atoms with van der Waals surface area (Å²) in [5.41, 5.74) is 1.15. The van der Waals surface area contributed by atoms with E-state index in [1.165, 1.54) is 6.07 Å². The predicted octanol–water partition coefficient (Wildman–Crippen LogP) is 1.96. The van der Waals surface area contributed by atoms with Gasteiger partial charge in [-0.2, -0.15) is 0 Å². The summed E-state index contributed by atoms with van der Waals surface area (Å²) >= 11 is 0. The summed E-state index contributed by atoms with van der Waals surface area (Å²) in [7, 11) is 0. The molecular weight excluding hydrogens is 236 g/mol. The third-order valence-electron chi connectivity index (χ3n) is 3.24. The summed E-state index contributed by atoms with van der Waals surface area (Å²) in [6.45, 7) is 2.31. The van der Waals surface area contributed by atoms with E-state index in [4.69, 9.17) is 5.11 Å². The topological polar surface area (TPSA) is 83.7 Å². The van der Waals surface area contributed by atoms with Crippen LogP contribution in [0.3, 0.4) is 0 Å². The molecule has 2 rings (SSSR count). The van der Waals surface area contributed by atoms with Crippen molar-refractivity contribution >= 4 is 17.3 Å². The molecule has 18 heavy (non-hydrogen) atoms. The fourth-order valence-corrected chi connectivity index (χ4v) is 2.46. The van der Waals surface area contributed by atoms with Crippen LogP contribution in [0.25, 0.3) is 0 Å². The lowest BCUT2D eigenvalue weighted by molar-refractivity contribution is -0.384. The first kappa shape index (κ1) is 12.3. The minimum Gasteiger partial charge on any atom is -0.480 e. The molecule has 1 N–H and O–H groups in total. The molecule has 1 heterocycles. The standard InChI is InChI=1S/C12H14N2O4/c1-8-4-2-5-9(14(17)18)11(8)13-7-3-6-10(13)12(15)16/h2,4-5,10H,3,6-7H2,1H3,(H,15,16). The van der Waals surface area contributed by atoms with Gasteiger partial charge in [-0.25, -0.2) is 4.79 Å². The van der Waals surface area contributed by atoms with E-state index < -0.39 is 16.9 Å². The molecule has 1 atom stereocenters. The first-order valence-electron chi connectivity index (χ1n) is 5.76. The molecule has 0 radical (unpaired) electrons. The fraction of sp³-hybridized carbons (Fsp3) is 0.417. The quantitative estimate of drug-likeness (QED) is 0.654. The lowest BCUT2D eigenvalue weighted by Gasteiger charge is -2.24. The van der Waals surface area contributed by atoms with E-state index in [0.717, 1.165) is 12.0 Å². The lowest BCUT2D eigenvalue weighted by atomic mass is 10.1. The van der Waals surface area contributed by atoms with Crippen LogP contribution in [0.1, 0.15) is 18.4 Å². The molecule has 1 aliphatic heterocycles. The molecule has 0 spiro atoms. The zero-order valence-corrected chi connectivity index (χ0v) is 10.00. The molecule has 1 unspecified atom stereocenters. The Morgan fingerprint density at radius 3 is 2.89 bits per heavy atom. The maximum absolute atomic E-state index is 11.2. The third-order valence-corrected chi connectivity index (χ3v) is 3.24. The summed E-state index contributed by atoms with van der Waals surface area (Å²) in [5.74, 6) is -0.926. The van der Waals surface area contributed by atoms with Gasteiger partial charge < -0.3 is 10.0 Å². The van der Waals surface area contributed by atoms with Crippen LogP contribution >= 0.6 is 0 Å². The Hall–Kier alpha value is -2.11. The SMILES string of the molecule is Cc1cccc([N+](=O)[O-])c1N1CCCC1C(=O)O. The van der Waals surface area contributed by atoms with Gasteiger partial charge in [-0.3, -0.25) is 10.1 Å². The number of aryl methyl sites for hydroxylation is 1. The molecule has 1 aliphatic rings. The van der Waals surface area contributed by atoms with Crippen LogP contribution in [0.2, 0.25) is 0 Å². The van der Waals surface area contributed by atoms with E-state index in [-0.39, 0.29) is 5.69 Å². The number of carboxylic acids is 1. The van der Waals surface area contributed by atoms with Crippen LogP contribution in [0.4, 0.5) is 11.4 Å². The molecule has 1 aromatic rings. The number of hydrogen-bond donors (Lipinski definition) is 1. The second-order valence-corrected chi connectivity index (χ2v) is 4.39. The Kier molecular flexibility index (Phi) is 3.18. The maximum Gasteiger partial charge on any atom is 0.326 e. The van der Waals surface area contributed by atoms with Crippen LogP contribution in [0.5, 0.6) is 0 Å². The highest BCUT2D eigenvalue weighted by Gasteiger charge is 2.35. The first-order chi connectivity index (χ1) is 8.52. The maximum atomic E-state index is 11.2. The first-order valence-corrected chi connectivity index (χ1v) is 5.76. The van der Waals surface area contributed by atoms with Gasteiger partial charge in [-0.1, -0.05) is 12.1 Å². The van der Waals surface area contributed by atoms with Crippen molar-refractivity contribution in [3.05, 3.63) is 33.9 Å². The van der Waals surface area contributed by atoms with Gasteiger partial charge in [0.05, 0.1) is 4.92 Å². The van der Waals surface area contributed by atoms with Crippen molar-refractivity contribution in [2.24, 2.45) is 0 Å². The number of hydrogen-bond acceptors (Lipinski definition) is 4. The third kappa shape index (κ3) is 2.01. The second-order valence-electron chi connectivity index (χ2n) is 4.39. The van der Waals surface area contributed by atoms with Crippen LogP contribution in [0.15, 0.2) is 18.2 Å². The van der Waals surface area contributed by atoms with Crippen LogP contribution < -0.4 is 4.90 Å². The Balaban J connectivity index is 2.50. The zero-order valence-electron chi connectivity index (χ0n) is 10.00. The van der Waals surface area contributed by atoms with E-state index in [9.17, 15) is 14.9 Å². The smallest absolute Gasteiger partial charge is 0.326 e. The molecule has 0 aromatic heterocycles. The number of rotatable bonds is 3. The van der Waals surface area contributed by atoms with E-state index in [0.29, 0.717) is 18.7 Å². The number of benzene rings is 1. The molecular formula is C12H14N2O4. The van der Waals surface area contributed by atoms with E-state index >= 15 is 0 Å². The molecule has 6 heteroatoms. The minimum atomic E-state index is -0.926. The van der Waals surface area contributed by atoms with Gasteiger partial charge in [-0.15, -0.1) is 0 Å². The number of nitro groups is 1. The average Bonchev–Trinajstić information content (AvgIpc) is 2.77. The van der Waals surface area contributed by atoms with Crippen molar-refractivity contribution in [2.45, 2.75) is 25.8 Å². The van der Waals surface area contributed by atoms with Crippen LogP contribution in [0, 0.1) is 17.0 Å². The normalized spacial score (nSPS) is 18.9. The van der Waals surface area contributed by atoms with E-state index in [1.807, 2.05) is 0 Å². The molecule has 0 saturated carbocycles. The van der Waals surface area contributed by atoms with Gasteiger partial charge in [-0.05, 0) is 25.3 Å². The van der Waals surface area contributed by atoms with Crippen molar-refractivity contribution in [1.82, 2.24) is 0 Å². The van der Waals surface area contributed by atoms with E-state index in [1.54, 1.807) is 24.0 Å². The van der Waals surface area contributed by atoms with Gasteiger partial charge in [0, 0.05) is 12.6 Å². The molecule has 6 nitrogen and oxygen atoms in total. The number of carboxylic acid groups (broad SMARTS) is 1. The largest absolute Gasteiger partial charge is 0.480 e. The number of carbonyl (C=O) groups is 1. The molecule has 0 bridgehead atoms. The Morgan fingerprint density at radius 1 is 1.56 bits per heavy atom. The monoisotopic (exact) mass is 250 g/mol. The Labute approximate surface area is 104 Å². The van der Waals surface area contributed by atoms with Gasteiger partial charge >= 0.3 is 5.97 Å². The van der Waals surface area contributed by atoms with Crippen molar-refractivity contribution in [3.63, 3.8) is 0 Å². The summed E-state index contributed by atoms with van der Waals surface area (Å²) in [5, 5.41) is 20.2. The molecule has 0 aliphatic carbocycles. The highest BCUT2D eigenvalue weighted by atomic mass is 16.6. The fourth-order valence-electron chi connectivity index (χ4n) is 2.46. The second kappa shape index (κ2) is 4.64.